The van der Waals surface area contributed by atoms with Gasteiger partial charge >= 0.3 is 0 Å². The van der Waals surface area contributed by atoms with E-state index in [1.165, 1.54) is 12.1 Å². The average Bonchev–Trinajstić information content (AvgIpc) is 2.57. The minimum absolute atomic E-state index is 0.117. The molecule has 1 aromatic rings. The summed E-state index contributed by atoms with van der Waals surface area (Å²) < 4.78 is 26.9. The van der Waals surface area contributed by atoms with Gasteiger partial charge in [-0.05, 0) is 37.3 Å². The third kappa shape index (κ3) is 7.82. The molecule has 0 aliphatic carbocycles. The highest BCUT2D eigenvalue weighted by molar-refractivity contribution is 5.79. The van der Waals surface area contributed by atoms with Crippen molar-refractivity contribution in [1.29, 1.82) is 0 Å². The quantitative estimate of drug-likeness (QED) is 0.445. The minimum Gasteiger partial charge on any atom is -0.396 e. The zero-order valence-electron chi connectivity index (χ0n) is 15.5. The number of aliphatic hydroxyl groups excluding tert-OH is 1. The average molecular weight is 355 g/mol. The fourth-order valence-corrected chi connectivity index (χ4v) is 2.74. The molecular weight excluding hydrogens is 324 g/mol. The maximum Gasteiger partial charge on any atom is 0.191 e. The summed E-state index contributed by atoms with van der Waals surface area (Å²) in [5.41, 5.74) is 0.480. The summed E-state index contributed by atoms with van der Waals surface area (Å²) in [5.74, 6) is -0.175. The van der Waals surface area contributed by atoms with Gasteiger partial charge in [-0.25, -0.2) is 8.78 Å². The molecule has 0 bridgehead atoms. The van der Waals surface area contributed by atoms with Gasteiger partial charge in [0, 0.05) is 38.2 Å². The van der Waals surface area contributed by atoms with E-state index in [9.17, 15) is 8.78 Å². The number of hydrogen-bond acceptors (Lipinski definition) is 2. The van der Waals surface area contributed by atoms with Gasteiger partial charge in [-0.15, -0.1) is 0 Å². The molecule has 25 heavy (non-hydrogen) atoms. The highest BCUT2D eigenvalue weighted by Crippen LogP contribution is 2.19. The first-order chi connectivity index (χ1) is 12.0. The zero-order chi connectivity index (χ0) is 18.7. The first-order valence-corrected chi connectivity index (χ1v) is 9.09. The molecule has 2 unspecified atom stereocenters. The molecule has 0 spiro atoms. The highest BCUT2D eigenvalue weighted by atomic mass is 19.1. The van der Waals surface area contributed by atoms with Crippen molar-refractivity contribution in [2.75, 3.05) is 26.2 Å². The van der Waals surface area contributed by atoms with Crippen molar-refractivity contribution in [3.8, 4) is 0 Å². The summed E-state index contributed by atoms with van der Waals surface area (Å²) in [4.78, 5) is 4.58. The standard InChI is InChI=1S/C19H31F2N3O/c1-4-6-15(9-10-25)13-24-19(22-5-2)23-12-14(3)17-8-7-16(20)11-18(17)21/h7-8,11,14-15,25H,4-6,9-10,12-13H2,1-3H3,(H2,22,23,24). The topological polar surface area (TPSA) is 56.7 Å². The summed E-state index contributed by atoms with van der Waals surface area (Å²) in [6, 6.07) is 3.67. The van der Waals surface area contributed by atoms with Gasteiger partial charge < -0.3 is 15.7 Å². The molecule has 6 heteroatoms. The SMILES string of the molecule is CCCC(CCO)CN=C(NCC)NCC(C)c1ccc(F)cc1F. The Morgan fingerprint density at radius 1 is 1.20 bits per heavy atom. The number of aliphatic imine (C=N–C) groups is 1. The molecule has 4 nitrogen and oxygen atoms in total. The molecule has 0 heterocycles. The van der Waals surface area contributed by atoms with Crippen molar-refractivity contribution in [2.24, 2.45) is 10.9 Å². The van der Waals surface area contributed by atoms with Crippen LogP contribution >= 0.6 is 0 Å². The lowest BCUT2D eigenvalue weighted by Gasteiger charge is -2.18. The Balaban J connectivity index is 2.65. The van der Waals surface area contributed by atoms with Crippen molar-refractivity contribution in [3.63, 3.8) is 0 Å². The van der Waals surface area contributed by atoms with Crippen LogP contribution in [0, 0.1) is 17.6 Å². The Bertz CT molecular complexity index is 531. The number of hydrogen-bond donors (Lipinski definition) is 3. The minimum atomic E-state index is -0.567. The van der Waals surface area contributed by atoms with Gasteiger partial charge in [0.25, 0.3) is 0 Å². The number of halogens is 2. The van der Waals surface area contributed by atoms with Crippen LogP contribution in [0.15, 0.2) is 23.2 Å². The van der Waals surface area contributed by atoms with Crippen LogP contribution in [-0.2, 0) is 0 Å². The van der Waals surface area contributed by atoms with Crippen LogP contribution in [0.2, 0.25) is 0 Å². The fourth-order valence-electron chi connectivity index (χ4n) is 2.74. The molecule has 0 saturated heterocycles. The van der Waals surface area contributed by atoms with Gasteiger partial charge in [0.15, 0.2) is 5.96 Å². The Morgan fingerprint density at radius 3 is 2.56 bits per heavy atom. The maximum atomic E-state index is 13.9. The smallest absolute Gasteiger partial charge is 0.191 e. The molecule has 1 aromatic carbocycles. The predicted octanol–water partition coefficient (Wildman–Crippen LogP) is 3.42. The Labute approximate surface area is 149 Å². The van der Waals surface area contributed by atoms with Crippen molar-refractivity contribution in [1.82, 2.24) is 10.6 Å². The summed E-state index contributed by atoms with van der Waals surface area (Å²) in [7, 11) is 0. The summed E-state index contributed by atoms with van der Waals surface area (Å²) in [6.45, 7) is 8.02. The lowest BCUT2D eigenvalue weighted by Crippen LogP contribution is -2.39. The van der Waals surface area contributed by atoms with E-state index in [1.54, 1.807) is 0 Å². The molecule has 0 fully saturated rings. The second-order valence-corrected chi connectivity index (χ2v) is 6.33. The number of nitrogens with zero attached hydrogens (tertiary/aromatic N) is 1. The molecule has 0 amide bonds. The van der Waals surface area contributed by atoms with E-state index in [2.05, 4.69) is 22.5 Å². The van der Waals surface area contributed by atoms with Crippen molar-refractivity contribution in [2.45, 2.75) is 46.0 Å². The van der Waals surface area contributed by atoms with Crippen LogP contribution in [0.3, 0.4) is 0 Å². The van der Waals surface area contributed by atoms with Crippen LogP contribution < -0.4 is 10.6 Å². The van der Waals surface area contributed by atoms with Crippen molar-refractivity contribution < 1.29 is 13.9 Å². The van der Waals surface area contributed by atoms with Gasteiger partial charge in [0.2, 0.25) is 0 Å². The van der Waals surface area contributed by atoms with Gasteiger partial charge in [-0.1, -0.05) is 26.3 Å². The number of benzene rings is 1. The normalized spacial score (nSPS) is 14.2. The zero-order valence-corrected chi connectivity index (χ0v) is 15.5. The van der Waals surface area contributed by atoms with Gasteiger partial charge in [0.05, 0.1) is 0 Å². The Kier molecular flexibility index (Phi) is 10.1. The number of nitrogens with one attached hydrogen (secondary N) is 2. The first kappa shape index (κ1) is 21.4. The second kappa shape index (κ2) is 11.8. The predicted molar refractivity (Wildman–Crippen MR) is 98.9 cm³/mol. The largest absolute Gasteiger partial charge is 0.396 e. The van der Waals surface area contributed by atoms with Crippen LogP contribution in [0.5, 0.6) is 0 Å². The monoisotopic (exact) mass is 355 g/mol. The van der Waals surface area contributed by atoms with Gasteiger partial charge in [-0.2, -0.15) is 0 Å². The lowest BCUT2D eigenvalue weighted by molar-refractivity contribution is 0.253. The molecule has 0 aromatic heterocycles. The van der Waals surface area contributed by atoms with Crippen LogP contribution in [0.25, 0.3) is 0 Å². The van der Waals surface area contributed by atoms with E-state index in [0.717, 1.165) is 31.9 Å². The number of aliphatic hydroxyl groups is 1. The molecule has 0 aliphatic heterocycles. The summed E-state index contributed by atoms with van der Waals surface area (Å²) >= 11 is 0. The molecule has 3 N–H and O–H groups in total. The van der Waals surface area contributed by atoms with Crippen LogP contribution in [-0.4, -0.2) is 37.3 Å². The summed E-state index contributed by atoms with van der Waals surface area (Å²) in [5, 5.41) is 15.5. The van der Waals surface area contributed by atoms with E-state index < -0.39 is 11.6 Å². The van der Waals surface area contributed by atoms with E-state index in [4.69, 9.17) is 5.11 Å². The van der Waals surface area contributed by atoms with Crippen LogP contribution in [0.1, 0.15) is 51.5 Å². The summed E-state index contributed by atoms with van der Waals surface area (Å²) in [6.07, 6.45) is 2.83. The molecule has 142 valence electrons. The van der Waals surface area contributed by atoms with E-state index in [-0.39, 0.29) is 12.5 Å². The third-order valence-corrected chi connectivity index (χ3v) is 4.16. The van der Waals surface area contributed by atoms with Gasteiger partial charge in [0.1, 0.15) is 11.6 Å². The Hall–Kier alpha value is -1.69. The first-order valence-electron chi connectivity index (χ1n) is 9.09. The van der Waals surface area contributed by atoms with Gasteiger partial charge in [-0.3, -0.25) is 4.99 Å². The maximum absolute atomic E-state index is 13.9. The van der Waals surface area contributed by atoms with E-state index in [1.807, 2.05) is 13.8 Å². The molecule has 1 rings (SSSR count). The van der Waals surface area contributed by atoms with Crippen molar-refractivity contribution in [3.05, 3.63) is 35.4 Å². The fraction of sp³-hybridized carbons (Fsp3) is 0.632. The highest BCUT2D eigenvalue weighted by Gasteiger charge is 2.13. The third-order valence-electron chi connectivity index (χ3n) is 4.16. The van der Waals surface area contributed by atoms with Crippen molar-refractivity contribution >= 4 is 5.96 Å². The second-order valence-electron chi connectivity index (χ2n) is 6.33. The lowest BCUT2D eigenvalue weighted by atomic mass is 10.0. The van der Waals surface area contributed by atoms with E-state index in [0.29, 0.717) is 30.5 Å². The van der Waals surface area contributed by atoms with E-state index >= 15 is 0 Å². The van der Waals surface area contributed by atoms with Crippen LogP contribution in [0.4, 0.5) is 8.78 Å². The molecular formula is C19H31F2N3O. The molecule has 0 aliphatic rings. The molecule has 0 saturated carbocycles. The number of guanidine groups is 1. The number of rotatable bonds is 10. The Morgan fingerprint density at radius 2 is 1.96 bits per heavy atom. The molecule has 2 atom stereocenters. The molecule has 0 radical (unpaired) electrons.